The van der Waals surface area contributed by atoms with E-state index in [2.05, 4.69) is 5.32 Å². The lowest BCUT2D eigenvalue weighted by atomic mass is 10.1. The molecular formula is C23H27N3O6S. The van der Waals surface area contributed by atoms with Crippen molar-refractivity contribution >= 4 is 33.3 Å². The van der Waals surface area contributed by atoms with Gasteiger partial charge in [0.25, 0.3) is 5.91 Å². The van der Waals surface area contributed by atoms with Gasteiger partial charge in [0.05, 0.1) is 18.6 Å². The molecule has 0 saturated carbocycles. The van der Waals surface area contributed by atoms with E-state index in [0.29, 0.717) is 48.9 Å². The number of nitrogens with two attached hydrogens (primary N) is 1. The molecule has 1 atom stereocenters. The smallest absolute Gasteiger partial charge is 0.320 e. The van der Waals surface area contributed by atoms with Crippen molar-refractivity contribution in [1.82, 2.24) is 10.8 Å². The minimum absolute atomic E-state index is 0.340. The summed E-state index contributed by atoms with van der Waals surface area (Å²) in [6.45, 7) is 1.60. The average Bonchev–Trinajstić information content (AvgIpc) is 3.25. The van der Waals surface area contributed by atoms with Crippen LogP contribution >= 0.6 is 11.3 Å². The van der Waals surface area contributed by atoms with Crippen molar-refractivity contribution in [1.29, 1.82) is 0 Å². The summed E-state index contributed by atoms with van der Waals surface area (Å²) in [6.07, 6.45) is 0.869. The van der Waals surface area contributed by atoms with E-state index in [1.54, 1.807) is 18.7 Å². The van der Waals surface area contributed by atoms with Crippen LogP contribution in [0.2, 0.25) is 0 Å². The first-order chi connectivity index (χ1) is 15.9. The van der Waals surface area contributed by atoms with Crippen LogP contribution in [-0.4, -0.2) is 41.9 Å². The molecule has 176 valence electrons. The zero-order valence-electron chi connectivity index (χ0n) is 18.2. The van der Waals surface area contributed by atoms with E-state index in [1.165, 1.54) is 11.3 Å². The maximum atomic E-state index is 11.6. The number of benzene rings is 2. The first-order valence-corrected chi connectivity index (χ1v) is 11.2. The van der Waals surface area contributed by atoms with Gasteiger partial charge in [-0.15, -0.1) is 11.3 Å². The highest BCUT2D eigenvalue weighted by molar-refractivity contribution is 7.20. The number of thiophene rings is 1. The predicted molar refractivity (Wildman–Crippen MR) is 125 cm³/mol. The summed E-state index contributed by atoms with van der Waals surface area (Å²) in [5, 5.41) is 22.0. The number of hydrogen-bond donors (Lipinski definition) is 5. The lowest BCUT2D eigenvalue weighted by Crippen LogP contribution is -2.30. The molecule has 10 heteroatoms. The molecule has 0 aliphatic heterocycles. The Kier molecular flexibility index (Phi) is 8.61. The number of carbonyl (C=O) groups excluding carboxylic acids is 1. The van der Waals surface area contributed by atoms with Gasteiger partial charge in [0.1, 0.15) is 6.04 Å². The number of ether oxygens (including phenoxy) is 2. The molecule has 33 heavy (non-hydrogen) atoms. The first kappa shape index (κ1) is 24.5. The Hall–Kier alpha value is -3.18. The van der Waals surface area contributed by atoms with E-state index in [-0.39, 0.29) is 0 Å². The number of carboxylic acids is 1. The third-order valence-corrected chi connectivity index (χ3v) is 6.13. The summed E-state index contributed by atoms with van der Waals surface area (Å²) < 4.78 is 12.1. The molecule has 6 N–H and O–H groups in total. The summed E-state index contributed by atoms with van der Waals surface area (Å²) in [4.78, 5) is 22.8. The van der Waals surface area contributed by atoms with Crippen LogP contribution in [0.1, 0.15) is 33.6 Å². The fraction of sp³-hybridized carbons (Fsp3) is 0.304. The lowest BCUT2D eigenvalue weighted by Gasteiger charge is -2.13. The van der Waals surface area contributed by atoms with Crippen LogP contribution in [0, 0.1) is 0 Å². The molecular weight excluding hydrogens is 446 g/mol. The topological polar surface area (TPSA) is 143 Å². The van der Waals surface area contributed by atoms with E-state index in [4.69, 9.17) is 25.5 Å². The second-order valence-electron chi connectivity index (χ2n) is 7.45. The van der Waals surface area contributed by atoms with E-state index in [9.17, 15) is 9.59 Å². The average molecular weight is 474 g/mol. The Labute approximate surface area is 195 Å². The standard InChI is InChI=1S/C23H27N3O6S/c1-31-19-9-14(5-7-18(19)32-8-2-3-17(24)23(28)29)12-25-13-15-4-6-16-11-21(22(27)26-30)33-20(16)10-15/h4-7,9-11,17,25,30H,2-3,8,12-13,24H2,1H3,(H,26,27)(H,28,29)/t17-/m0/s1. The van der Waals surface area contributed by atoms with Crippen LogP contribution in [0.3, 0.4) is 0 Å². The highest BCUT2D eigenvalue weighted by Gasteiger charge is 2.12. The molecule has 1 amide bonds. The van der Waals surface area contributed by atoms with Gasteiger partial charge in [0.15, 0.2) is 11.5 Å². The molecule has 0 unspecified atom stereocenters. The molecule has 3 aromatic rings. The zero-order valence-corrected chi connectivity index (χ0v) is 19.0. The maximum Gasteiger partial charge on any atom is 0.320 e. The summed E-state index contributed by atoms with van der Waals surface area (Å²) in [7, 11) is 1.57. The lowest BCUT2D eigenvalue weighted by molar-refractivity contribution is -0.138. The van der Waals surface area contributed by atoms with Crippen molar-refractivity contribution in [3.05, 3.63) is 58.5 Å². The Morgan fingerprint density at radius 3 is 2.52 bits per heavy atom. The van der Waals surface area contributed by atoms with Crippen LogP contribution in [0.4, 0.5) is 0 Å². The summed E-state index contributed by atoms with van der Waals surface area (Å²) in [5.74, 6) is -0.331. The molecule has 0 aliphatic rings. The number of rotatable bonds is 12. The Balaban J connectivity index is 1.52. The third kappa shape index (κ3) is 6.65. The largest absolute Gasteiger partial charge is 0.493 e. The predicted octanol–water partition coefficient (Wildman–Crippen LogP) is 2.89. The van der Waals surface area contributed by atoms with Crippen molar-refractivity contribution in [2.75, 3.05) is 13.7 Å². The van der Waals surface area contributed by atoms with E-state index in [0.717, 1.165) is 21.2 Å². The number of hydroxylamine groups is 1. The molecule has 0 saturated heterocycles. The molecule has 0 bridgehead atoms. The Morgan fingerprint density at radius 1 is 1.09 bits per heavy atom. The van der Waals surface area contributed by atoms with Crippen molar-refractivity contribution in [3.8, 4) is 11.5 Å². The molecule has 9 nitrogen and oxygen atoms in total. The van der Waals surface area contributed by atoms with Crippen molar-refractivity contribution in [2.45, 2.75) is 32.0 Å². The number of methoxy groups -OCH3 is 1. The molecule has 0 aliphatic carbocycles. The monoisotopic (exact) mass is 473 g/mol. The van der Waals surface area contributed by atoms with E-state index >= 15 is 0 Å². The van der Waals surface area contributed by atoms with Gasteiger partial charge >= 0.3 is 5.97 Å². The molecule has 1 heterocycles. The number of carboxylic acid groups (broad SMARTS) is 1. The van der Waals surface area contributed by atoms with Crippen LogP contribution in [0.5, 0.6) is 11.5 Å². The van der Waals surface area contributed by atoms with Gasteiger partial charge in [-0.25, -0.2) is 5.48 Å². The fourth-order valence-electron chi connectivity index (χ4n) is 3.25. The van der Waals surface area contributed by atoms with Gasteiger partial charge in [-0.2, -0.15) is 0 Å². The highest BCUT2D eigenvalue weighted by atomic mass is 32.1. The summed E-state index contributed by atoms with van der Waals surface area (Å²) in [5.41, 5.74) is 9.25. The highest BCUT2D eigenvalue weighted by Crippen LogP contribution is 2.29. The molecule has 0 fully saturated rings. The minimum Gasteiger partial charge on any atom is -0.493 e. The van der Waals surface area contributed by atoms with Gasteiger partial charge in [-0.3, -0.25) is 14.8 Å². The van der Waals surface area contributed by atoms with Gasteiger partial charge in [0, 0.05) is 17.8 Å². The quantitative estimate of drug-likeness (QED) is 0.153. The van der Waals surface area contributed by atoms with Gasteiger partial charge in [-0.1, -0.05) is 18.2 Å². The van der Waals surface area contributed by atoms with Crippen molar-refractivity contribution in [3.63, 3.8) is 0 Å². The number of aliphatic carboxylic acids is 1. The maximum absolute atomic E-state index is 11.6. The molecule has 1 aromatic heterocycles. The van der Waals surface area contributed by atoms with E-state index < -0.39 is 17.9 Å². The van der Waals surface area contributed by atoms with Crippen molar-refractivity contribution in [2.24, 2.45) is 5.73 Å². The third-order valence-electron chi connectivity index (χ3n) is 5.03. The van der Waals surface area contributed by atoms with Crippen LogP contribution in [0.15, 0.2) is 42.5 Å². The fourth-order valence-corrected chi connectivity index (χ4v) is 4.27. The summed E-state index contributed by atoms with van der Waals surface area (Å²) >= 11 is 1.33. The Morgan fingerprint density at radius 2 is 1.82 bits per heavy atom. The van der Waals surface area contributed by atoms with Gasteiger partial charge in [-0.05, 0) is 53.6 Å². The number of carbonyl (C=O) groups is 2. The molecule has 3 rings (SSSR count). The molecule has 0 radical (unpaired) electrons. The first-order valence-electron chi connectivity index (χ1n) is 10.4. The summed E-state index contributed by atoms with van der Waals surface area (Å²) in [6, 6.07) is 12.5. The number of nitrogens with one attached hydrogen (secondary N) is 2. The second-order valence-corrected chi connectivity index (χ2v) is 8.53. The number of fused-ring (bicyclic) bond motifs is 1. The van der Waals surface area contributed by atoms with Crippen LogP contribution in [0.25, 0.3) is 10.1 Å². The minimum atomic E-state index is -1.02. The van der Waals surface area contributed by atoms with Gasteiger partial charge < -0.3 is 25.6 Å². The Bertz CT molecular complexity index is 1120. The SMILES string of the molecule is COc1cc(CNCc2ccc3cc(C(=O)NO)sc3c2)ccc1OCCC[C@H](N)C(=O)O. The second kappa shape index (κ2) is 11.6. The molecule has 2 aromatic carbocycles. The zero-order chi connectivity index (χ0) is 23.8. The number of amides is 1. The molecule has 0 spiro atoms. The normalized spacial score (nSPS) is 11.8. The van der Waals surface area contributed by atoms with Crippen molar-refractivity contribution < 1.29 is 29.4 Å². The van der Waals surface area contributed by atoms with Crippen LogP contribution < -0.4 is 26.0 Å². The van der Waals surface area contributed by atoms with Crippen LogP contribution in [-0.2, 0) is 17.9 Å². The van der Waals surface area contributed by atoms with E-state index in [1.807, 2.05) is 36.4 Å². The number of hydrogen-bond acceptors (Lipinski definition) is 8. The van der Waals surface area contributed by atoms with Gasteiger partial charge in [0.2, 0.25) is 0 Å².